The molecule has 1 aromatic carbocycles. The minimum atomic E-state index is -3.19. The van der Waals surface area contributed by atoms with Gasteiger partial charge < -0.3 is 5.32 Å². The fraction of sp³-hybridized carbons (Fsp3) is 0.632. The standard InChI is InChI=1S/C19H27N3O3S/c1-26(24,25)22-13-19(14-22)12-21(10-16-5-3-2-4-6-16)11-17(19)18(23)20-9-15-7-8-15/h2-6,15,17H,7-14H2,1H3,(H,20,23). The minimum absolute atomic E-state index is 0.0978. The Hall–Kier alpha value is -1.44. The third kappa shape index (κ3) is 3.66. The zero-order valence-electron chi connectivity index (χ0n) is 15.2. The van der Waals surface area contributed by atoms with Crippen molar-refractivity contribution in [1.29, 1.82) is 0 Å². The van der Waals surface area contributed by atoms with Crippen LogP contribution in [0.5, 0.6) is 0 Å². The molecule has 3 aliphatic rings. The predicted octanol–water partition coefficient (Wildman–Crippen LogP) is 0.906. The fourth-order valence-electron chi connectivity index (χ4n) is 4.30. The Morgan fingerprint density at radius 1 is 1.19 bits per heavy atom. The van der Waals surface area contributed by atoms with Crippen molar-refractivity contribution >= 4 is 15.9 Å². The van der Waals surface area contributed by atoms with Gasteiger partial charge in [-0.05, 0) is 24.3 Å². The van der Waals surface area contributed by atoms with Gasteiger partial charge in [-0.3, -0.25) is 9.69 Å². The Labute approximate surface area is 155 Å². The first-order valence-corrected chi connectivity index (χ1v) is 11.2. The van der Waals surface area contributed by atoms with Crippen LogP contribution in [0.4, 0.5) is 0 Å². The molecule has 142 valence electrons. The van der Waals surface area contributed by atoms with Crippen molar-refractivity contribution in [2.24, 2.45) is 17.3 Å². The molecule has 7 heteroatoms. The third-order valence-electron chi connectivity index (χ3n) is 6.00. The van der Waals surface area contributed by atoms with Crippen molar-refractivity contribution in [2.75, 3.05) is 39.0 Å². The molecular weight excluding hydrogens is 350 g/mol. The van der Waals surface area contributed by atoms with E-state index >= 15 is 0 Å². The molecule has 0 radical (unpaired) electrons. The normalized spacial score (nSPS) is 26.0. The molecule has 6 nitrogen and oxygen atoms in total. The van der Waals surface area contributed by atoms with Crippen molar-refractivity contribution in [3.63, 3.8) is 0 Å². The van der Waals surface area contributed by atoms with Crippen molar-refractivity contribution in [3.05, 3.63) is 35.9 Å². The van der Waals surface area contributed by atoms with Crippen LogP contribution in [0.1, 0.15) is 18.4 Å². The van der Waals surface area contributed by atoms with Crippen LogP contribution >= 0.6 is 0 Å². The number of hydrogen-bond acceptors (Lipinski definition) is 4. The Balaban J connectivity index is 1.46. The molecule has 2 heterocycles. The highest BCUT2D eigenvalue weighted by atomic mass is 32.2. The lowest BCUT2D eigenvalue weighted by Gasteiger charge is -2.49. The minimum Gasteiger partial charge on any atom is -0.356 e. The summed E-state index contributed by atoms with van der Waals surface area (Å²) in [7, 11) is -3.19. The zero-order valence-corrected chi connectivity index (χ0v) is 16.0. The Bertz CT molecular complexity index is 770. The topological polar surface area (TPSA) is 69.7 Å². The van der Waals surface area contributed by atoms with E-state index in [4.69, 9.17) is 0 Å². The molecule has 26 heavy (non-hydrogen) atoms. The van der Waals surface area contributed by atoms with Crippen molar-refractivity contribution in [1.82, 2.24) is 14.5 Å². The molecule has 1 spiro atoms. The number of likely N-dealkylation sites (tertiary alicyclic amines) is 1. The van der Waals surface area contributed by atoms with E-state index in [-0.39, 0.29) is 17.2 Å². The van der Waals surface area contributed by atoms with Crippen LogP contribution in [0.25, 0.3) is 0 Å². The largest absolute Gasteiger partial charge is 0.356 e. The lowest BCUT2D eigenvalue weighted by molar-refractivity contribution is -0.130. The number of carbonyl (C=O) groups excluding carboxylic acids is 1. The maximum Gasteiger partial charge on any atom is 0.225 e. The van der Waals surface area contributed by atoms with Crippen LogP contribution in [0.3, 0.4) is 0 Å². The van der Waals surface area contributed by atoms with Crippen LogP contribution in [-0.2, 0) is 21.4 Å². The van der Waals surface area contributed by atoms with Crippen molar-refractivity contribution < 1.29 is 13.2 Å². The van der Waals surface area contributed by atoms with Crippen LogP contribution in [-0.4, -0.2) is 62.5 Å². The molecule has 1 saturated carbocycles. The second kappa shape index (κ2) is 6.62. The molecule has 0 bridgehead atoms. The monoisotopic (exact) mass is 377 g/mol. The second-order valence-corrected chi connectivity index (χ2v) is 10.3. The maximum atomic E-state index is 12.8. The summed E-state index contributed by atoms with van der Waals surface area (Å²) in [5, 5.41) is 3.11. The predicted molar refractivity (Wildman–Crippen MR) is 99.8 cm³/mol. The highest BCUT2D eigenvalue weighted by molar-refractivity contribution is 7.88. The first-order chi connectivity index (χ1) is 12.4. The molecule has 1 unspecified atom stereocenters. The Morgan fingerprint density at radius 2 is 1.88 bits per heavy atom. The number of hydrogen-bond donors (Lipinski definition) is 1. The second-order valence-electron chi connectivity index (χ2n) is 8.29. The van der Waals surface area contributed by atoms with Gasteiger partial charge in [-0.2, -0.15) is 0 Å². The molecular formula is C19H27N3O3S. The van der Waals surface area contributed by atoms with Gasteiger partial charge in [0.05, 0.1) is 12.2 Å². The van der Waals surface area contributed by atoms with Gasteiger partial charge in [-0.1, -0.05) is 30.3 Å². The van der Waals surface area contributed by atoms with E-state index in [1.54, 1.807) is 0 Å². The van der Waals surface area contributed by atoms with Gasteiger partial charge in [0.1, 0.15) is 0 Å². The average Bonchev–Trinajstić information content (AvgIpc) is 3.30. The number of carbonyl (C=O) groups is 1. The molecule has 1 aliphatic carbocycles. The van der Waals surface area contributed by atoms with Crippen LogP contribution in [0.2, 0.25) is 0 Å². The van der Waals surface area contributed by atoms with Crippen LogP contribution < -0.4 is 5.32 Å². The average molecular weight is 378 g/mol. The summed E-state index contributed by atoms with van der Waals surface area (Å²) < 4.78 is 25.2. The number of benzene rings is 1. The van der Waals surface area contributed by atoms with E-state index in [9.17, 15) is 13.2 Å². The molecule has 1 amide bonds. The molecule has 2 aliphatic heterocycles. The van der Waals surface area contributed by atoms with Gasteiger partial charge in [0.15, 0.2) is 0 Å². The highest BCUT2D eigenvalue weighted by Gasteiger charge is 2.58. The number of nitrogens with zero attached hydrogens (tertiary/aromatic N) is 2. The van der Waals surface area contributed by atoms with Gasteiger partial charge in [0.2, 0.25) is 15.9 Å². The summed E-state index contributed by atoms with van der Waals surface area (Å²) in [6.07, 6.45) is 3.66. The van der Waals surface area contributed by atoms with E-state index in [0.29, 0.717) is 25.6 Å². The lowest BCUT2D eigenvalue weighted by Crippen LogP contribution is -2.63. The number of sulfonamides is 1. The lowest BCUT2D eigenvalue weighted by atomic mass is 9.72. The summed E-state index contributed by atoms with van der Waals surface area (Å²) >= 11 is 0. The molecule has 1 atom stereocenters. The van der Waals surface area contributed by atoms with Gasteiger partial charge >= 0.3 is 0 Å². The van der Waals surface area contributed by atoms with Gasteiger partial charge in [-0.25, -0.2) is 12.7 Å². The summed E-state index contributed by atoms with van der Waals surface area (Å²) in [5.41, 5.74) is 0.979. The van der Waals surface area contributed by atoms with Crippen LogP contribution in [0.15, 0.2) is 30.3 Å². The first kappa shape index (κ1) is 17.9. The van der Waals surface area contributed by atoms with E-state index in [1.165, 1.54) is 29.0 Å². The molecule has 1 N–H and O–H groups in total. The van der Waals surface area contributed by atoms with E-state index in [0.717, 1.165) is 19.6 Å². The Kier molecular flexibility index (Phi) is 4.57. The summed E-state index contributed by atoms with van der Waals surface area (Å²) in [6, 6.07) is 10.2. The van der Waals surface area contributed by atoms with Crippen molar-refractivity contribution in [3.8, 4) is 0 Å². The quantitative estimate of drug-likeness (QED) is 0.800. The number of amides is 1. The number of rotatable bonds is 6. The number of nitrogens with one attached hydrogen (secondary N) is 1. The fourth-order valence-corrected chi connectivity index (χ4v) is 5.28. The Morgan fingerprint density at radius 3 is 2.50 bits per heavy atom. The molecule has 1 aromatic rings. The summed E-state index contributed by atoms with van der Waals surface area (Å²) in [5.74, 6) is 0.606. The van der Waals surface area contributed by atoms with E-state index < -0.39 is 10.0 Å². The van der Waals surface area contributed by atoms with Crippen molar-refractivity contribution in [2.45, 2.75) is 19.4 Å². The highest BCUT2D eigenvalue weighted by Crippen LogP contribution is 2.45. The van der Waals surface area contributed by atoms with Gasteiger partial charge in [0.25, 0.3) is 0 Å². The molecule has 4 rings (SSSR count). The van der Waals surface area contributed by atoms with E-state index in [1.807, 2.05) is 18.2 Å². The van der Waals surface area contributed by atoms with Gasteiger partial charge in [0, 0.05) is 44.7 Å². The first-order valence-electron chi connectivity index (χ1n) is 9.35. The summed E-state index contributed by atoms with van der Waals surface area (Å²) in [6.45, 7) is 3.95. The third-order valence-corrected chi connectivity index (χ3v) is 7.19. The van der Waals surface area contributed by atoms with Gasteiger partial charge in [-0.15, -0.1) is 0 Å². The molecule has 2 saturated heterocycles. The summed E-state index contributed by atoms with van der Waals surface area (Å²) in [4.78, 5) is 15.1. The molecule has 0 aromatic heterocycles. The molecule has 3 fully saturated rings. The van der Waals surface area contributed by atoms with E-state index in [2.05, 4.69) is 22.3 Å². The van der Waals surface area contributed by atoms with Crippen LogP contribution in [0, 0.1) is 17.3 Å². The maximum absolute atomic E-state index is 12.8. The smallest absolute Gasteiger partial charge is 0.225 e. The zero-order chi connectivity index (χ0) is 18.4. The SMILES string of the molecule is CS(=O)(=O)N1CC2(CN(Cc3ccccc3)CC2C(=O)NCC2CC2)C1.